The highest BCUT2D eigenvalue weighted by molar-refractivity contribution is 7.98. The Morgan fingerprint density at radius 2 is 1.74 bits per heavy atom. The standard InChI is InChI=1S/C19H16N4O3S/c1-27-11-8-15(17-21-16(22-26-17)12-6-9-20-10-7-12)23-18(24)13-4-2-3-5-14(13)19(23)25/h2-7,9-10,15H,8,11H2,1H3/t15-/m1/s1. The first kappa shape index (κ1) is 17.4. The van der Waals surface area contributed by atoms with Crippen molar-refractivity contribution in [2.24, 2.45) is 0 Å². The second-order valence-corrected chi connectivity index (χ2v) is 7.00. The van der Waals surface area contributed by atoms with Crippen LogP contribution in [-0.4, -0.2) is 43.8 Å². The number of hydrogen-bond acceptors (Lipinski definition) is 7. The van der Waals surface area contributed by atoms with E-state index in [9.17, 15) is 9.59 Å². The molecule has 0 radical (unpaired) electrons. The molecule has 2 aromatic heterocycles. The van der Waals surface area contributed by atoms with Crippen LogP contribution in [0.25, 0.3) is 11.4 Å². The number of amides is 2. The second kappa shape index (κ2) is 7.32. The summed E-state index contributed by atoms with van der Waals surface area (Å²) in [5.74, 6) is 0.740. The molecule has 1 aliphatic rings. The number of pyridine rings is 1. The van der Waals surface area contributed by atoms with E-state index in [2.05, 4.69) is 15.1 Å². The van der Waals surface area contributed by atoms with Gasteiger partial charge in [-0.05, 0) is 42.7 Å². The molecule has 0 saturated heterocycles. The Morgan fingerprint density at radius 3 is 2.37 bits per heavy atom. The maximum absolute atomic E-state index is 12.9. The number of fused-ring (bicyclic) bond motifs is 1. The Labute approximate surface area is 159 Å². The summed E-state index contributed by atoms with van der Waals surface area (Å²) in [7, 11) is 0. The van der Waals surface area contributed by atoms with Crippen LogP contribution in [0.1, 0.15) is 39.1 Å². The number of thioether (sulfide) groups is 1. The van der Waals surface area contributed by atoms with E-state index in [1.54, 1.807) is 60.6 Å². The van der Waals surface area contributed by atoms with Crippen molar-refractivity contribution in [1.29, 1.82) is 0 Å². The van der Waals surface area contributed by atoms with Crippen LogP contribution in [0.4, 0.5) is 0 Å². The van der Waals surface area contributed by atoms with Gasteiger partial charge in [-0.15, -0.1) is 0 Å². The van der Waals surface area contributed by atoms with Gasteiger partial charge in [-0.25, -0.2) is 0 Å². The average molecular weight is 380 g/mol. The fourth-order valence-electron chi connectivity index (χ4n) is 3.07. The number of rotatable bonds is 6. The first-order valence-electron chi connectivity index (χ1n) is 8.40. The van der Waals surface area contributed by atoms with Gasteiger partial charge in [-0.2, -0.15) is 16.7 Å². The molecule has 0 bridgehead atoms. The van der Waals surface area contributed by atoms with Crippen molar-refractivity contribution in [3.63, 3.8) is 0 Å². The molecule has 1 aromatic carbocycles. The molecule has 0 spiro atoms. The maximum atomic E-state index is 12.9. The van der Waals surface area contributed by atoms with Crippen molar-refractivity contribution in [2.45, 2.75) is 12.5 Å². The van der Waals surface area contributed by atoms with Crippen molar-refractivity contribution in [3.8, 4) is 11.4 Å². The quantitative estimate of drug-likeness (QED) is 0.607. The molecule has 0 fully saturated rings. The van der Waals surface area contributed by atoms with Crippen molar-refractivity contribution in [2.75, 3.05) is 12.0 Å². The summed E-state index contributed by atoms with van der Waals surface area (Å²) >= 11 is 1.63. The summed E-state index contributed by atoms with van der Waals surface area (Å²) in [5, 5.41) is 4.02. The van der Waals surface area contributed by atoms with Crippen LogP contribution < -0.4 is 0 Å². The summed E-state index contributed by atoms with van der Waals surface area (Å²) < 4.78 is 5.45. The third kappa shape index (κ3) is 3.12. The Morgan fingerprint density at radius 1 is 1.07 bits per heavy atom. The van der Waals surface area contributed by atoms with Crippen molar-refractivity contribution < 1.29 is 14.1 Å². The minimum Gasteiger partial charge on any atom is -0.337 e. The highest BCUT2D eigenvalue weighted by Crippen LogP contribution is 2.34. The first-order chi connectivity index (χ1) is 13.2. The summed E-state index contributed by atoms with van der Waals surface area (Å²) in [4.78, 5) is 35.4. The number of carbonyl (C=O) groups excluding carboxylic acids is 2. The first-order valence-corrected chi connectivity index (χ1v) is 9.80. The predicted molar refractivity (Wildman–Crippen MR) is 100 cm³/mol. The second-order valence-electron chi connectivity index (χ2n) is 6.02. The molecule has 7 nitrogen and oxygen atoms in total. The Bertz CT molecular complexity index is 954. The number of aromatic nitrogens is 3. The molecule has 0 aliphatic carbocycles. The largest absolute Gasteiger partial charge is 0.337 e. The molecule has 0 unspecified atom stereocenters. The molecule has 0 N–H and O–H groups in total. The van der Waals surface area contributed by atoms with E-state index in [1.165, 1.54) is 4.90 Å². The Hall–Kier alpha value is -3.00. The van der Waals surface area contributed by atoms with E-state index in [-0.39, 0.29) is 17.7 Å². The molecular weight excluding hydrogens is 364 g/mol. The van der Waals surface area contributed by atoms with E-state index in [0.717, 1.165) is 11.3 Å². The zero-order valence-electron chi connectivity index (χ0n) is 14.5. The zero-order chi connectivity index (χ0) is 18.8. The van der Waals surface area contributed by atoms with Gasteiger partial charge >= 0.3 is 0 Å². The molecule has 2 amide bonds. The monoisotopic (exact) mass is 380 g/mol. The van der Waals surface area contributed by atoms with E-state index in [0.29, 0.717) is 23.4 Å². The van der Waals surface area contributed by atoms with Gasteiger partial charge in [0, 0.05) is 18.0 Å². The van der Waals surface area contributed by atoms with Crippen LogP contribution in [0.2, 0.25) is 0 Å². The highest BCUT2D eigenvalue weighted by Gasteiger charge is 2.42. The lowest BCUT2D eigenvalue weighted by molar-refractivity contribution is 0.0548. The molecular formula is C19H16N4O3S. The molecule has 0 saturated carbocycles. The summed E-state index contributed by atoms with van der Waals surface area (Å²) in [6.07, 6.45) is 5.78. The van der Waals surface area contributed by atoms with Gasteiger partial charge in [0.1, 0.15) is 6.04 Å². The van der Waals surface area contributed by atoms with E-state index >= 15 is 0 Å². The third-order valence-electron chi connectivity index (χ3n) is 4.40. The molecule has 1 aliphatic heterocycles. The molecule has 136 valence electrons. The third-order valence-corrected chi connectivity index (χ3v) is 5.04. The molecule has 27 heavy (non-hydrogen) atoms. The Kier molecular flexibility index (Phi) is 4.72. The maximum Gasteiger partial charge on any atom is 0.262 e. The normalized spacial score (nSPS) is 14.5. The van der Waals surface area contributed by atoms with Crippen molar-refractivity contribution in [1.82, 2.24) is 20.0 Å². The van der Waals surface area contributed by atoms with Gasteiger partial charge in [0.05, 0.1) is 11.1 Å². The van der Waals surface area contributed by atoms with Crippen LogP contribution in [0.15, 0.2) is 53.3 Å². The van der Waals surface area contributed by atoms with Gasteiger partial charge in [-0.1, -0.05) is 17.3 Å². The lowest BCUT2D eigenvalue weighted by Crippen LogP contribution is -2.34. The number of hydrogen-bond donors (Lipinski definition) is 0. The predicted octanol–water partition coefficient (Wildman–Crippen LogP) is 3.22. The molecule has 3 heterocycles. The van der Waals surface area contributed by atoms with E-state index in [1.807, 2.05) is 6.26 Å². The van der Waals surface area contributed by atoms with E-state index < -0.39 is 6.04 Å². The van der Waals surface area contributed by atoms with Crippen LogP contribution in [0.5, 0.6) is 0 Å². The number of imide groups is 1. The van der Waals surface area contributed by atoms with Crippen LogP contribution in [0.3, 0.4) is 0 Å². The topological polar surface area (TPSA) is 89.2 Å². The lowest BCUT2D eigenvalue weighted by Gasteiger charge is -2.22. The Balaban J connectivity index is 1.70. The van der Waals surface area contributed by atoms with Crippen molar-refractivity contribution >= 4 is 23.6 Å². The SMILES string of the molecule is CSCC[C@H](c1nc(-c2ccncc2)no1)N1C(=O)c2ccccc2C1=O. The molecule has 8 heteroatoms. The zero-order valence-corrected chi connectivity index (χ0v) is 15.3. The average Bonchev–Trinajstić information content (AvgIpc) is 3.29. The van der Waals surface area contributed by atoms with Crippen LogP contribution in [0, 0.1) is 0 Å². The van der Waals surface area contributed by atoms with Gasteiger partial charge in [0.25, 0.3) is 11.8 Å². The number of benzene rings is 1. The fraction of sp³-hybridized carbons (Fsp3) is 0.211. The van der Waals surface area contributed by atoms with Gasteiger partial charge in [0.2, 0.25) is 11.7 Å². The van der Waals surface area contributed by atoms with Crippen LogP contribution in [-0.2, 0) is 0 Å². The minimum atomic E-state index is -0.604. The van der Waals surface area contributed by atoms with Gasteiger partial charge in [-0.3, -0.25) is 19.5 Å². The highest BCUT2D eigenvalue weighted by atomic mass is 32.2. The number of nitrogens with zero attached hydrogens (tertiary/aromatic N) is 4. The summed E-state index contributed by atoms with van der Waals surface area (Å²) in [5.41, 5.74) is 1.57. The molecule has 4 rings (SSSR count). The molecule has 1 atom stereocenters. The fourth-order valence-corrected chi connectivity index (χ4v) is 3.53. The smallest absolute Gasteiger partial charge is 0.262 e. The summed E-state index contributed by atoms with van der Waals surface area (Å²) in [6, 6.07) is 9.76. The summed E-state index contributed by atoms with van der Waals surface area (Å²) in [6.45, 7) is 0. The van der Waals surface area contributed by atoms with Gasteiger partial charge in [0.15, 0.2) is 0 Å². The lowest BCUT2D eigenvalue weighted by atomic mass is 10.1. The molecule has 3 aromatic rings. The van der Waals surface area contributed by atoms with E-state index in [4.69, 9.17) is 4.52 Å². The minimum absolute atomic E-state index is 0.255. The van der Waals surface area contributed by atoms with Crippen LogP contribution >= 0.6 is 11.8 Å². The number of carbonyl (C=O) groups is 2. The van der Waals surface area contributed by atoms with Gasteiger partial charge < -0.3 is 4.52 Å². The van der Waals surface area contributed by atoms with Crippen molar-refractivity contribution in [3.05, 3.63) is 65.8 Å².